The highest BCUT2D eigenvalue weighted by molar-refractivity contribution is 5.64. The van der Waals surface area contributed by atoms with Crippen molar-refractivity contribution in [1.29, 1.82) is 0 Å². The highest BCUT2D eigenvalue weighted by Gasteiger charge is 2.16. The van der Waals surface area contributed by atoms with Crippen molar-refractivity contribution < 1.29 is 9.26 Å². The van der Waals surface area contributed by atoms with Crippen molar-refractivity contribution in [2.24, 2.45) is 0 Å². The number of nitrogens with zero attached hydrogens (tertiary/aromatic N) is 4. The second-order valence-corrected chi connectivity index (χ2v) is 6.06. The average molecular weight is 351 g/mol. The van der Waals surface area contributed by atoms with Crippen LogP contribution in [0.5, 0.6) is 0 Å². The molecule has 0 spiro atoms. The van der Waals surface area contributed by atoms with Crippen molar-refractivity contribution >= 4 is 17.7 Å². The number of aryl methyl sites for hydroxylation is 1. The van der Waals surface area contributed by atoms with Crippen LogP contribution < -0.4 is 10.2 Å². The highest BCUT2D eigenvalue weighted by Crippen LogP contribution is 2.24. The summed E-state index contributed by atoms with van der Waals surface area (Å²) in [5.74, 6) is 1.98. The molecular weight excluding hydrogens is 330 g/mol. The molecule has 0 aliphatic carbocycles. The molecule has 1 aliphatic rings. The molecule has 1 aromatic carbocycles. The molecule has 4 rings (SSSR count). The number of morpholine rings is 1. The maximum atomic E-state index is 5.43. The second kappa shape index (κ2) is 7.53. The fraction of sp³-hybridized carbons (Fsp3) is 0.316. The van der Waals surface area contributed by atoms with E-state index in [2.05, 4.69) is 32.3 Å². The monoisotopic (exact) mass is 351 g/mol. The lowest BCUT2D eigenvalue weighted by molar-refractivity contribution is 0.122. The third kappa shape index (κ3) is 3.67. The van der Waals surface area contributed by atoms with Gasteiger partial charge < -0.3 is 19.5 Å². The standard InChI is InChI=1S/C19H21N5O2/c1-2-15-12-17(22-19(20-15)24-8-10-25-11-9-24)21-18-13-16(23-26-18)14-6-4-3-5-7-14/h3-7,12-13H,2,8-11H2,1H3,(H,20,21,22). The van der Waals surface area contributed by atoms with E-state index in [0.717, 1.165) is 42.4 Å². The van der Waals surface area contributed by atoms with E-state index >= 15 is 0 Å². The van der Waals surface area contributed by atoms with E-state index in [1.54, 1.807) is 0 Å². The first-order chi connectivity index (χ1) is 12.8. The van der Waals surface area contributed by atoms with Crippen molar-refractivity contribution in [2.75, 3.05) is 36.5 Å². The SMILES string of the molecule is CCc1cc(Nc2cc(-c3ccccc3)no2)nc(N2CCOCC2)n1. The van der Waals surface area contributed by atoms with Gasteiger partial charge in [0.25, 0.3) is 0 Å². The zero-order chi connectivity index (χ0) is 17.8. The van der Waals surface area contributed by atoms with Crippen LogP contribution in [0.1, 0.15) is 12.6 Å². The van der Waals surface area contributed by atoms with E-state index < -0.39 is 0 Å². The molecule has 26 heavy (non-hydrogen) atoms. The minimum atomic E-state index is 0.553. The van der Waals surface area contributed by atoms with Crippen molar-refractivity contribution in [1.82, 2.24) is 15.1 Å². The summed E-state index contributed by atoms with van der Waals surface area (Å²) in [7, 11) is 0. The minimum Gasteiger partial charge on any atom is -0.378 e. The maximum absolute atomic E-state index is 5.43. The van der Waals surface area contributed by atoms with Crippen molar-refractivity contribution in [3.8, 4) is 11.3 Å². The van der Waals surface area contributed by atoms with E-state index in [4.69, 9.17) is 9.26 Å². The van der Waals surface area contributed by atoms with Gasteiger partial charge in [-0.1, -0.05) is 42.4 Å². The van der Waals surface area contributed by atoms with Gasteiger partial charge in [-0.3, -0.25) is 0 Å². The Balaban J connectivity index is 1.57. The average Bonchev–Trinajstić information content (AvgIpc) is 3.17. The van der Waals surface area contributed by atoms with Gasteiger partial charge in [0.2, 0.25) is 11.8 Å². The van der Waals surface area contributed by atoms with Crippen molar-refractivity contribution in [3.05, 3.63) is 48.2 Å². The Morgan fingerprint density at radius 2 is 1.88 bits per heavy atom. The van der Waals surface area contributed by atoms with Gasteiger partial charge in [-0.25, -0.2) is 4.98 Å². The molecule has 7 heteroatoms. The maximum Gasteiger partial charge on any atom is 0.230 e. The van der Waals surface area contributed by atoms with E-state index in [1.165, 1.54) is 0 Å². The molecule has 0 amide bonds. The Morgan fingerprint density at radius 3 is 2.65 bits per heavy atom. The Kier molecular flexibility index (Phi) is 4.79. The van der Waals surface area contributed by atoms with E-state index in [-0.39, 0.29) is 0 Å². The van der Waals surface area contributed by atoms with Crippen molar-refractivity contribution in [3.63, 3.8) is 0 Å². The van der Waals surface area contributed by atoms with Gasteiger partial charge in [0.05, 0.1) is 13.2 Å². The van der Waals surface area contributed by atoms with E-state index in [0.29, 0.717) is 24.9 Å². The lowest BCUT2D eigenvalue weighted by Gasteiger charge is -2.27. The van der Waals surface area contributed by atoms with Crippen LogP contribution in [0.2, 0.25) is 0 Å². The molecule has 134 valence electrons. The van der Waals surface area contributed by atoms with Gasteiger partial charge in [-0.05, 0) is 6.42 Å². The lowest BCUT2D eigenvalue weighted by Crippen LogP contribution is -2.37. The molecule has 1 saturated heterocycles. The molecule has 1 N–H and O–H groups in total. The molecular formula is C19H21N5O2. The van der Waals surface area contributed by atoms with Crippen LogP contribution >= 0.6 is 0 Å². The van der Waals surface area contributed by atoms with Gasteiger partial charge in [0.15, 0.2) is 0 Å². The van der Waals surface area contributed by atoms with Crippen LogP contribution in [0.4, 0.5) is 17.7 Å². The summed E-state index contributed by atoms with van der Waals surface area (Å²) in [6.07, 6.45) is 0.834. The lowest BCUT2D eigenvalue weighted by atomic mass is 10.2. The quantitative estimate of drug-likeness (QED) is 0.756. The number of anilines is 3. The summed E-state index contributed by atoms with van der Waals surface area (Å²) in [5.41, 5.74) is 2.77. The fourth-order valence-electron chi connectivity index (χ4n) is 2.84. The largest absolute Gasteiger partial charge is 0.378 e. The molecule has 3 heterocycles. The minimum absolute atomic E-state index is 0.553. The van der Waals surface area contributed by atoms with Crippen LogP contribution in [0.15, 0.2) is 47.0 Å². The first-order valence-corrected chi connectivity index (χ1v) is 8.81. The van der Waals surface area contributed by atoms with Gasteiger partial charge in [-0.2, -0.15) is 4.98 Å². The number of hydrogen-bond acceptors (Lipinski definition) is 7. The topological polar surface area (TPSA) is 76.3 Å². The van der Waals surface area contributed by atoms with Crippen molar-refractivity contribution in [2.45, 2.75) is 13.3 Å². The number of rotatable bonds is 5. The summed E-state index contributed by atoms with van der Waals surface area (Å²) in [5, 5.41) is 7.34. The summed E-state index contributed by atoms with van der Waals surface area (Å²) in [6, 6.07) is 13.7. The normalized spacial score (nSPS) is 14.4. The zero-order valence-corrected chi connectivity index (χ0v) is 14.7. The Morgan fingerprint density at radius 1 is 1.08 bits per heavy atom. The summed E-state index contributed by atoms with van der Waals surface area (Å²) in [4.78, 5) is 11.4. The highest BCUT2D eigenvalue weighted by atomic mass is 16.5. The van der Waals surface area contributed by atoms with Crippen LogP contribution in [0.25, 0.3) is 11.3 Å². The van der Waals surface area contributed by atoms with Crippen LogP contribution in [0, 0.1) is 0 Å². The van der Waals surface area contributed by atoms with Gasteiger partial charge in [0, 0.05) is 36.5 Å². The zero-order valence-electron chi connectivity index (χ0n) is 14.7. The second-order valence-electron chi connectivity index (χ2n) is 6.06. The van der Waals surface area contributed by atoms with Gasteiger partial charge in [-0.15, -0.1) is 0 Å². The van der Waals surface area contributed by atoms with Crippen LogP contribution in [0.3, 0.4) is 0 Å². The molecule has 7 nitrogen and oxygen atoms in total. The van der Waals surface area contributed by atoms with Gasteiger partial charge in [0.1, 0.15) is 11.5 Å². The molecule has 3 aromatic rings. The molecule has 2 aromatic heterocycles. The Labute approximate surface area is 152 Å². The fourth-order valence-corrected chi connectivity index (χ4v) is 2.84. The number of nitrogens with one attached hydrogen (secondary N) is 1. The smallest absolute Gasteiger partial charge is 0.230 e. The van der Waals surface area contributed by atoms with Crippen LogP contribution in [-0.4, -0.2) is 41.4 Å². The molecule has 0 atom stereocenters. The molecule has 0 radical (unpaired) electrons. The molecule has 1 fully saturated rings. The van der Waals surface area contributed by atoms with Crippen LogP contribution in [-0.2, 0) is 11.2 Å². The number of aromatic nitrogens is 3. The molecule has 0 bridgehead atoms. The number of benzene rings is 1. The van der Waals surface area contributed by atoms with E-state index in [1.807, 2.05) is 42.5 Å². The summed E-state index contributed by atoms with van der Waals surface area (Å²) < 4.78 is 10.8. The third-order valence-electron chi connectivity index (χ3n) is 4.25. The molecule has 1 aliphatic heterocycles. The number of hydrogen-bond donors (Lipinski definition) is 1. The predicted octanol–water partition coefficient (Wildman–Crippen LogP) is 3.27. The molecule has 0 unspecified atom stereocenters. The van der Waals surface area contributed by atoms with Gasteiger partial charge >= 0.3 is 0 Å². The third-order valence-corrected chi connectivity index (χ3v) is 4.25. The number of ether oxygens (including phenoxy) is 1. The first-order valence-electron chi connectivity index (χ1n) is 8.81. The summed E-state index contributed by atoms with van der Waals surface area (Å²) >= 11 is 0. The molecule has 0 saturated carbocycles. The Bertz CT molecular complexity index is 859. The summed E-state index contributed by atoms with van der Waals surface area (Å²) in [6.45, 7) is 5.08. The first kappa shape index (κ1) is 16.5. The predicted molar refractivity (Wildman–Crippen MR) is 99.7 cm³/mol. The van der Waals surface area contributed by atoms with E-state index in [9.17, 15) is 0 Å². The Hall–Kier alpha value is -2.93.